The quantitative estimate of drug-likeness (QED) is 0.740. The molecule has 1 aromatic heterocycles. The van der Waals surface area contributed by atoms with Crippen molar-refractivity contribution in [3.63, 3.8) is 0 Å². The number of hydrogen-bond donors (Lipinski definition) is 2. The maximum Gasteiger partial charge on any atom is 0.331 e. The summed E-state index contributed by atoms with van der Waals surface area (Å²) in [6.07, 6.45) is 4.15. The van der Waals surface area contributed by atoms with E-state index in [0.29, 0.717) is 6.42 Å². The number of aromatic nitrogens is 2. The molecule has 7 nitrogen and oxygen atoms in total. The highest BCUT2D eigenvalue weighted by Gasteiger charge is 2.24. The van der Waals surface area contributed by atoms with E-state index in [-0.39, 0.29) is 18.5 Å². The van der Waals surface area contributed by atoms with Crippen LogP contribution in [-0.2, 0) is 18.4 Å². The van der Waals surface area contributed by atoms with E-state index >= 15 is 0 Å². The van der Waals surface area contributed by atoms with E-state index in [1.54, 1.807) is 0 Å². The van der Waals surface area contributed by atoms with Gasteiger partial charge in [0.25, 0.3) is 5.56 Å². The largest absolute Gasteiger partial charge is 0.391 e. The fraction of sp³-hybridized carbons (Fsp3) is 0.615. The number of rotatable bonds is 3. The van der Waals surface area contributed by atoms with Crippen LogP contribution < -0.4 is 16.6 Å². The van der Waals surface area contributed by atoms with E-state index in [1.807, 2.05) is 0 Å². The lowest BCUT2D eigenvalue weighted by atomic mass is 9.92. The van der Waals surface area contributed by atoms with Gasteiger partial charge in [0.1, 0.15) is 6.54 Å². The van der Waals surface area contributed by atoms with Gasteiger partial charge in [-0.15, -0.1) is 0 Å². The van der Waals surface area contributed by atoms with Gasteiger partial charge in [-0.3, -0.25) is 18.7 Å². The van der Waals surface area contributed by atoms with Crippen molar-refractivity contribution in [2.75, 3.05) is 0 Å². The van der Waals surface area contributed by atoms with Crippen LogP contribution in [-0.4, -0.2) is 32.3 Å². The summed E-state index contributed by atoms with van der Waals surface area (Å²) >= 11 is 0. The molecule has 2 rings (SSSR count). The summed E-state index contributed by atoms with van der Waals surface area (Å²) < 4.78 is 2.12. The van der Waals surface area contributed by atoms with Gasteiger partial charge in [-0.25, -0.2) is 4.79 Å². The van der Waals surface area contributed by atoms with Crippen LogP contribution in [0.3, 0.4) is 0 Å². The average molecular weight is 281 g/mol. The van der Waals surface area contributed by atoms with E-state index in [4.69, 9.17) is 0 Å². The van der Waals surface area contributed by atoms with Crippen molar-refractivity contribution in [3.8, 4) is 0 Å². The molecule has 1 aromatic rings. The second-order valence-electron chi connectivity index (χ2n) is 5.15. The standard InChI is InChI=1S/C13H19N3O4/c1-15-12(19)6-7-16(13(15)20)8-11(18)14-9-4-2-3-5-10(9)17/h6-7,9-10,17H,2-5,8H2,1H3,(H,14,18)/t9-,10-/m0/s1. The first-order valence-electron chi connectivity index (χ1n) is 6.73. The lowest BCUT2D eigenvalue weighted by molar-refractivity contribution is -0.123. The minimum Gasteiger partial charge on any atom is -0.391 e. The molecular formula is C13H19N3O4. The molecule has 110 valence electrons. The van der Waals surface area contributed by atoms with Crippen LogP contribution in [0.5, 0.6) is 0 Å². The monoisotopic (exact) mass is 281 g/mol. The van der Waals surface area contributed by atoms with E-state index in [0.717, 1.165) is 23.8 Å². The maximum atomic E-state index is 11.9. The van der Waals surface area contributed by atoms with Crippen molar-refractivity contribution in [1.29, 1.82) is 0 Å². The normalized spacial score (nSPS) is 22.5. The van der Waals surface area contributed by atoms with Crippen LogP contribution in [0.15, 0.2) is 21.9 Å². The Hall–Kier alpha value is -1.89. The zero-order chi connectivity index (χ0) is 14.7. The summed E-state index contributed by atoms with van der Waals surface area (Å²) in [5.41, 5.74) is -0.939. The Kier molecular flexibility index (Phi) is 4.39. The Morgan fingerprint density at radius 1 is 1.40 bits per heavy atom. The third kappa shape index (κ3) is 3.16. The zero-order valence-corrected chi connectivity index (χ0v) is 11.4. The highest BCUT2D eigenvalue weighted by molar-refractivity contribution is 5.76. The van der Waals surface area contributed by atoms with Gasteiger partial charge >= 0.3 is 5.69 Å². The third-order valence-corrected chi connectivity index (χ3v) is 3.65. The predicted octanol–water partition coefficient (Wildman–Crippen LogP) is -1.03. The molecule has 2 N–H and O–H groups in total. The van der Waals surface area contributed by atoms with Crippen molar-refractivity contribution < 1.29 is 9.90 Å². The van der Waals surface area contributed by atoms with Crippen molar-refractivity contribution in [1.82, 2.24) is 14.5 Å². The number of aliphatic hydroxyl groups excluding tert-OH is 1. The molecule has 1 heterocycles. The van der Waals surface area contributed by atoms with Crippen LogP contribution in [0, 0.1) is 0 Å². The molecule has 0 radical (unpaired) electrons. The molecule has 7 heteroatoms. The molecule has 1 fully saturated rings. The SMILES string of the molecule is Cn1c(=O)ccn(CC(=O)N[C@H]2CCCC[C@@H]2O)c1=O. The van der Waals surface area contributed by atoms with Gasteiger partial charge in [-0.2, -0.15) is 0 Å². The Morgan fingerprint density at radius 2 is 2.10 bits per heavy atom. The van der Waals surface area contributed by atoms with Gasteiger partial charge in [-0.1, -0.05) is 12.8 Å². The summed E-state index contributed by atoms with van der Waals surface area (Å²) in [6.45, 7) is -0.157. The molecule has 1 saturated carbocycles. The van der Waals surface area contributed by atoms with Crippen LogP contribution in [0.25, 0.3) is 0 Å². The maximum absolute atomic E-state index is 11.9. The van der Waals surface area contributed by atoms with Crippen LogP contribution >= 0.6 is 0 Å². The molecule has 0 aliphatic heterocycles. The van der Waals surface area contributed by atoms with Crippen molar-refractivity contribution >= 4 is 5.91 Å². The molecule has 0 bridgehead atoms. The Balaban J connectivity index is 2.03. The first kappa shape index (κ1) is 14.5. The zero-order valence-electron chi connectivity index (χ0n) is 11.4. The number of aliphatic hydroxyl groups is 1. The van der Waals surface area contributed by atoms with E-state index < -0.39 is 17.4 Å². The summed E-state index contributed by atoms with van der Waals surface area (Å²) in [6, 6.07) is 0.990. The Bertz CT molecular complexity index is 604. The van der Waals surface area contributed by atoms with Gasteiger partial charge in [0.2, 0.25) is 5.91 Å². The minimum atomic E-state index is -0.531. The lowest BCUT2D eigenvalue weighted by Gasteiger charge is -2.28. The van der Waals surface area contributed by atoms with Crippen LogP contribution in [0.2, 0.25) is 0 Å². The number of carbonyl (C=O) groups is 1. The molecule has 0 saturated heterocycles. The summed E-state index contributed by atoms with van der Waals surface area (Å²) in [7, 11) is 1.37. The van der Waals surface area contributed by atoms with E-state index in [9.17, 15) is 19.5 Å². The van der Waals surface area contributed by atoms with Crippen molar-refractivity contribution in [2.24, 2.45) is 7.05 Å². The summed E-state index contributed by atoms with van der Waals surface area (Å²) in [5.74, 6) is -0.336. The van der Waals surface area contributed by atoms with Crippen molar-refractivity contribution in [3.05, 3.63) is 33.1 Å². The topological polar surface area (TPSA) is 93.3 Å². The predicted molar refractivity (Wildman–Crippen MR) is 72.3 cm³/mol. The number of nitrogens with one attached hydrogen (secondary N) is 1. The summed E-state index contributed by atoms with van der Waals surface area (Å²) in [5, 5.41) is 12.5. The van der Waals surface area contributed by atoms with Gasteiger partial charge in [0.15, 0.2) is 0 Å². The van der Waals surface area contributed by atoms with Gasteiger partial charge in [-0.05, 0) is 12.8 Å². The Morgan fingerprint density at radius 3 is 2.80 bits per heavy atom. The number of hydrogen-bond acceptors (Lipinski definition) is 4. The number of carbonyl (C=O) groups excluding carboxylic acids is 1. The molecule has 0 spiro atoms. The lowest BCUT2D eigenvalue weighted by Crippen LogP contribution is -2.47. The minimum absolute atomic E-state index is 0.157. The van der Waals surface area contributed by atoms with Crippen LogP contribution in [0.1, 0.15) is 25.7 Å². The second kappa shape index (κ2) is 6.04. The van der Waals surface area contributed by atoms with Crippen molar-refractivity contribution in [2.45, 2.75) is 44.4 Å². The molecular weight excluding hydrogens is 262 g/mol. The van der Waals surface area contributed by atoms with Gasteiger partial charge < -0.3 is 10.4 Å². The summed E-state index contributed by atoms with van der Waals surface area (Å²) in [4.78, 5) is 34.9. The molecule has 1 aliphatic rings. The smallest absolute Gasteiger partial charge is 0.331 e. The average Bonchev–Trinajstić information content (AvgIpc) is 2.42. The highest BCUT2D eigenvalue weighted by atomic mass is 16.3. The third-order valence-electron chi connectivity index (χ3n) is 3.65. The molecule has 0 unspecified atom stereocenters. The second-order valence-corrected chi connectivity index (χ2v) is 5.15. The van der Waals surface area contributed by atoms with E-state index in [1.165, 1.54) is 23.9 Å². The molecule has 20 heavy (non-hydrogen) atoms. The fourth-order valence-electron chi connectivity index (χ4n) is 2.42. The number of nitrogens with zero attached hydrogens (tertiary/aromatic N) is 2. The fourth-order valence-corrected chi connectivity index (χ4v) is 2.42. The molecule has 0 aromatic carbocycles. The molecule has 1 amide bonds. The first-order valence-corrected chi connectivity index (χ1v) is 6.73. The first-order chi connectivity index (χ1) is 9.49. The van der Waals surface area contributed by atoms with Gasteiger partial charge in [0.05, 0.1) is 12.1 Å². The molecule has 2 atom stereocenters. The van der Waals surface area contributed by atoms with E-state index in [2.05, 4.69) is 5.32 Å². The molecule has 1 aliphatic carbocycles. The number of amides is 1. The Labute approximate surface area is 115 Å². The highest BCUT2D eigenvalue weighted by Crippen LogP contribution is 2.18. The van der Waals surface area contributed by atoms with Gasteiger partial charge in [0, 0.05) is 19.3 Å². The van der Waals surface area contributed by atoms with Crippen LogP contribution in [0.4, 0.5) is 0 Å².